The van der Waals surface area contributed by atoms with E-state index in [-0.39, 0.29) is 19.4 Å². The van der Waals surface area contributed by atoms with Gasteiger partial charge in [0.1, 0.15) is 18.8 Å². The first-order valence-electron chi connectivity index (χ1n) is 8.47. The number of esters is 1. The molecule has 0 saturated carbocycles. The second-order valence-electron chi connectivity index (χ2n) is 5.65. The molecule has 1 rings (SSSR count). The maximum absolute atomic E-state index is 12.3. The average molecular weight is 376 g/mol. The van der Waals surface area contributed by atoms with E-state index in [0.717, 1.165) is 11.9 Å². The lowest BCUT2D eigenvalue weighted by molar-refractivity contribution is -0.149. The van der Waals surface area contributed by atoms with Crippen LogP contribution in [0, 0.1) is 0 Å². The Labute approximate surface area is 157 Å². The van der Waals surface area contributed by atoms with Gasteiger partial charge in [0.15, 0.2) is 0 Å². The highest BCUT2D eigenvalue weighted by molar-refractivity contribution is 6.25. The normalized spacial score (nSPS) is 12.2. The van der Waals surface area contributed by atoms with E-state index in [0.29, 0.717) is 6.54 Å². The molecule has 2 atom stereocenters. The monoisotopic (exact) mass is 376 g/mol. The van der Waals surface area contributed by atoms with Crippen LogP contribution < -0.4 is 10.6 Å². The van der Waals surface area contributed by atoms with E-state index in [1.807, 2.05) is 30.3 Å². The van der Waals surface area contributed by atoms with Crippen molar-refractivity contribution in [3.05, 3.63) is 35.9 Å². The summed E-state index contributed by atoms with van der Waals surface area (Å²) in [6, 6.07) is 8.40. The molecule has 2 N–H and O–H groups in total. The summed E-state index contributed by atoms with van der Waals surface area (Å²) in [7, 11) is 1.37. The molecule has 0 aliphatic rings. The Kier molecular flexibility index (Phi) is 10.1. The summed E-state index contributed by atoms with van der Waals surface area (Å²) in [5.74, 6) is -1.63. The Morgan fingerprint density at radius 1 is 1.26 bits per heavy atom. The molecule has 0 aliphatic carbocycles. The highest BCUT2D eigenvalue weighted by atomic mass is 16.5. The van der Waals surface area contributed by atoms with Gasteiger partial charge < -0.3 is 25.6 Å². The topological polar surface area (TPSA) is 130 Å². The zero-order valence-corrected chi connectivity index (χ0v) is 15.4. The molecule has 0 heterocycles. The molecule has 0 bridgehead atoms. The largest absolute Gasteiger partial charge is 0.462 e. The fourth-order valence-electron chi connectivity index (χ4n) is 2.06. The van der Waals surface area contributed by atoms with Crippen molar-refractivity contribution < 1.29 is 28.6 Å². The second kappa shape index (κ2) is 12.3. The minimum atomic E-state index is -1.01. The number of rotatable bonds is 12. The Bertz CT molecular complexity index is 674. The van der Waals surface area contributed by atoms with Gasteiger partial charge >= 0.3 is 12.2 Å². The summed E-state index contributed by atoms with van der Waals surface area (Å²) in [4.78, 5) is 38.3. The Morgan fingerprint density at radius 3 is 2.59 bits per heavy atom. The van der Waals surface area contributed by atoms with Gasteiger partial charge in [-0.1, -0.05) is 18.2 Å². The number of para-hydroxylation sites is 1. The van der Waals surface area contributed by atoms with Crippen LogP contribution in [0.3, 0.4) is 0 Å². The number of hydrogen-bond donors (Lipinski definition) is 2. The van der Waals surface area contributed by atoms with Crippen molar-refractivity contribution in [1.82, 2.24) is 5.32 Å². The molecule has 27 heavy (non-hydrogen) atoms. The molecule has 1 aromatic carbocycles. The molecule has 9 heteroatoms. The van der Waals surface area contributed by atoms with E-state index in [1.54, 1.807) is 0 Å². The molecule has 0 aromatic heterocycles. The molecule has 0 fully saturated rings. The van der Waals surface area contributed by atoms with Crippen LogP contribution in [-0.2, 0) is 23.9 Å². The summed E-state index contributed by atoms with van der Waals surface area (Å²) >= 11 is 0. The predicted octanol–water partition coefficient (Wildman–Crippen LogP) is 0.811. The summed E-state index contributed by atoms with van der Waals surface area (Å²) in [6.07, 6.45) is -0.0907. The molecule has 0 saturated heterocycles. The summed E-state index contributed by atoms with van der Waals surface area (Å²) < 4.78 is 10.1. The number of anilines is 1. The minimum Gasteiger partial charge on any atom is -0.462 e. The van der Waals surface area contributed by atoms with Crippen molar-refractivity contribution in [2.75, 3.05) is 25.6 Å². The van der Waals surface area contributed by atoms with E-state index >= 15 is 0 Å². The zero-order chi connectivity index (χ0) is 20.1. The zero-order valence-electron chi connectivity index (χ0n) is 15.4. The van der Waals surface area contributed by atoms with Crippen LogP contribution in [0.5, 0.6) is 0 Å². The van der Waals surface area contributed by atoms with Gasteiger partial charge in [0, 0.05) is 25.8 Å². The van der Waals surface area contributed by atoms with Crippen LogP contribution >= 0.6 is 0 Å². The SMILES string of the molecule is CO[C@H](C)C(=O)N[C@@H](CCC(=O)C=[N+]=[N-])C(=O)OCCNc1ccccc1. The van der Waals surface area contributed by atoms with Crippen LogP contribution in [0.1, 0.15) is 19.8 Å². The average Bonchev–Trinajstić information content (AvgIpc) is 2.68. The Hall–Kier alpha value is -3.03. The first-order valence-corrected chi connectivity index (χ1v) is 8.47. The number of methoxy groups -OCH3 is 1. The highest BCUT2D eigenvalue weighted by Crippen LogP contribution is 2.05. The summed E-state index contributed by atoms with van der Waals surface area (Å²) in [5, 5.41) is 5.60. The van der Waals surface area contributed by atoms with Crippen molar-refractivity contribution in [1.29, 1.82) is 0 Å². The van der Waals surface area contributed by atoms with Crippen LogP contribution in [-0.4, -0.2) is 61.1 Å². The van der Waals surface area contributed by atoms with E-state index in [2.05, 4.69) is 15.4 Å². The number of nitrogens with one attached hydrogen (secondary N) is 2. The Morgan fingerprint density at radius 2 is 1.96 bits per heavy atom. The number of Topliss-reactive ketones (excluding diaryl/α,β-unsaturated/α-hetero) is 1. The van der Waals surface area contributed by atoms with E-state index < -0.39 is 29.8 Å². The van der Waals surface area contributed by atoms with Crippen LogP contribution in [0.4, 0.5) is 5.69 Å². The predicted molar refractivity (Wildman–Crippen MR) is 98.2 cm³/mol. The number of benzene rings is 1. The third-order valence-electron chi connectivity index (χ3n) is 3.65. The number of carbonyl (C=O) groups excluding carboxylic acids is 3. The lowest BCUT2D eigenvalue weighted by Crippen LogP contribution is -2.46. The number of carbonyl (C=O) groups is 3. The third kappa shape index (κ3) is 8.75. The lowest BCUT2D eigenvalue weighted by atomic mass is 10.1. The molecule has 9 nitrogen and oxygen atoms in total. The second-order valence-corrected chi connectivity index (χ2v) is 5.65. The molecular formula is C18H24N4O5. The highest BCUT2D eigenvalue weighted by Gasteiger charge is 2.25. The number of nitrogens with zero attached hydrogens (tertiary/aromatic N) is 2. The van der Waals surface area contributed by atoms with Gasteiger partial charge in [-0.25, -0.2) is 4.79 Å². The van der Waals surface area contributed by atoms with Crippen molar-refractivity contribution in [3.8, 4) is 0 Å². The molecule has 0 spiro atoms. The summed E-state index contributed by atoms with van der Waals surface area (Å²) in [6.45, 7) is 2.01. The van der Waals surface area contributed by atoms with Crippen LogP contribution in [0.15, 0.2) is 30.3 Å². The number of ketones is 1. The first-order chi connectivity index (χ1) is 13.0. The lowest BCUT2D eigenvalue weighted by Gasteiger charge is -2.19. The van der Waals surface area contributed by atoms with Crippen molar-refractivity contribution >= 4 is 29.6 Å². The molecule has 146 valence electrons. The van der Waals surface area contributed by atoms with Gasteiger partial charge in [-0.2, -0.15) is 4.79 Å². The molecule has 0 unspecified atom stereocenters. The summed E-state index contributed by atoms with van der Waals surface area (Å²) in [5.41, 5.74) is 9.25. The third-order valence-corrected chi connectivity index (χ3v) is 3.65. The van der Waals surface area contributed by atoms with Crippen molar-refractivity contribution in [2.24, 2.45) is 0 Å². The molecule has 1 aromatic rings. The van der Waals surface area contributed by atoms with Gasteiger partial charge in [-0.15, -0.1) is 0 Å². The van der Waals surface area contributed by atoms with Gasteiger partial charge in [0.25, 0.3) is 0 Å². The molecule has 0 aliphatic heterocycles. The Balaban J connectivity index is 2.55. The van der Waals surface area contributed by atoms with Crippen LogP contribution in [0.2, 0.25) is 0 Å². The van der Waals surface area contributed by atoms with E-state index in [1.165, 1.54) is 14.0 Å². The molecule has 1 amide bonds. The fourth-order valence-corrected chi connectivity index (χ4v) is 2.06. The van der Waals surface area contributed by atoms with Gasteiger partial charge in [-0.3, -0.25) is 9.59 Å². The smallest absolute Gasteiger partial charge is 0.328 e. The van der Waals surface area contributed by atoms with E-state index in [4.69, 9.17) is 15.0 Å². The van der Waals surface area contributed by atoms with Crippen LogP contribution in [0.25, 0.3) is 5.53 Å². The number of amides is 1. The standard InChI is InChI=1S/C18H24N4O5/c1-13(26-2)17(24)22-16(9-8-15(23)12-21-19)18(25)27-11-10-20-14-6-4-3-5-7-14/h3-7,12-13,16,20H,8-11H2,1-2H3,(H,22,24)/t13-,16+/m1/s1. The van der Waals surface area contributed by atoms with Gasteiger partial charge in [0.2, 0.25) is 11.7 Å². The maximum Gasteiger partial charge on any atom is 0.328 e. The minimum absolute atomic E-state index is 0.0119. The maximum atomic E-state index is 12.3. The first kappa shape index (κ1) is 22.0. The molecule has 0 radical (unpaired) electrons. The van der Waals surface area contributed by atoms with Gasteiger partial charge in [-0.05, 0) is 25.5 Å². The quantitative estimate of drug-likeness (QED) is 0.182. The number of ether oxygens (including phenoxy) is 2. The van der Waals surface area contributed by atoms with Gasteiger partial charge in [0.05, 0.1) is 0 Å². The van der Waals surface area contributed by atoms with Crippen molar-refractivity contribution in [2.45, 2.75) is 31.9 Å². The molecular weight excluding hydrogens is 352 g/mol. The fraction of sp³-hybridized carbons (Fsp3) is 0.444. The number of hydrogen-bond acceptors (Lipinski definition) is 6. The van der Waals surface area contributed by atoms with Crippen molar-refractivity contribution in [3.63, 3.8) is 0 Å². The van der Waals surface area contributed by atoms with E-state index in [9.17, 15) is 14.4 Å².